The molecule has 0 saturated heterocycles. The third-order valence-corrected chi connectivity index (χ3v) is 2.47. The molecule has 0 radical (unpaired) electrons. The van der Waals surface area contributed by atoms with Gasteiger partial charge in [0, 0.05) is 12.5 Å². The number of carboxylic acids is 1. The van der Waals surface area contributed by atoms with Crippen LogP contribution in [0, 0.1) is 5.82 Å². The van der Waals surface area contributed by atoms with Crippen molar-refractivity contribution in [3.05, 3.63) is 29.8 Å². The molecule has 0 fully saturated rings. The highest BCUT2D eigenvalue weighted by molar-refractivity contribution is 5.66. The van der Waals surface area contributed by atoms with Gasteiger partial charge < -0.3 is 9.84 Å². The molecule has 7 nitrogen and oxygen atoms in total. The van der Waals surface area contributed by atoms with Crippen LogP contribution in [-0.2, 0) is 11.2 Å². The van der Waals surface area contributed by atoms with E-state index in [4.69, 9.17) is 9.84 Å². The zero-order chi connectivity index (χ0) is 13.8. The molecule has 1 aromatic heterocycles. The van der Waals surface area contributed by atoms with Gasteiger partial charge in [-0.25, -0.2) is 4.39 Å². The molecule has 19 heavy (non-hydrogen) atoms. The summed E-state index contributed by atoms with van der Waals surface area (Å²) in [6.45, 7) is 0. The first kappa shape index (κ1) is 12.9. The number of aromatic nitrogens is 4. The number of halogens is 1. The number of aryl methyl sites for hydroxylation is 1. The second kappa shape index (κ2) is 5.42. The van der Waals surface area contributed by atoms with Crippen LogP contribution in [0.4, 0.5) is 4.39 Å². The van der Waals surface area contributed by atoms with E-state index in [9.17, 15) is 9.18 Å². The van der Waals surface area contributed by atoms with Gasteiger partial charge in [-0.15, -0.1) is 5.10 Å². The molecule has 0 saturated carbocycles. The maximum Gasteiger partial charge on any atom is 0.303 e. The topological polar surface area (TPSA) is 90.1 Å². The lowest BCUT2D eigenvalue weighted by molar-refractivity contribution is -0.137. The number of benzene rings is 1. The van der Waals surface area contributed by atoms with Gasteiger partial charge in [0.05, 0.1) is 13.5 Å². The van der Waals surface area contributed by atoms with Crippen molar-refractivity contribution < 1.29 is 19.0 Å². The van der Waals surface area contributed by atoms with E-state index in [0.29, 0.717) is 17.3 Å². The quantitative estimate of drug-likeness (QED) is 0.861. The number of aliphatic carboxylic acids is 1. The maximum absolute atomic E-state index is 13.3. The van der Waals surface area contributed by atoms with E-state index in [0.717, 1.165) is 0 Å². The van der Waals surface area contributed by atoms with Crippen LogP contribution < -0.4 is 4.74 Å². The van der Waals surface area contributed by atoms with E-state index in [1.54, 1.807) is 0 Å². The molecule has 0 atom stereocenters. The minimum atomic E-state index is -0.958. The number of hydrogen-bond donors (Lipinski definition) is 1. The predicted octanol–water partition coefficient (Wildman–Crippen LogP) is 0.827. The van der Waals surface area contributed by atoms with Crippen molar-refractivity contribution in [3.63, 3.8) is 0 Å². The van der Waals surface area contributed by atoms with Gasteiger partial charge in [0.15, 0.2) is 5.82 Å². The zero-order valence-corrected chi connectivity index (χ0v) is 10.1. The smallest absolute Gasteiger partial charge is 0.303 e. The Bertz CT molecular complexity index is 599. The minimum Gasteiger partial charge on any atom is -0.494 e. The van der Waals surface area contributed by atoms with Crippen LogP contribution in [0.1, 0.15) is 12.2 Å². The Morgan fingerprint density at radius 3 is 3.00 bits per heavy atom. The molecule has 0 aliphatic heterocycles. The molecule has 0 unspecified atom stereocenters. The van der Waals surface area contributed by atoms with Crippen molar-refractivity contribution in [1.29, 1.82) is 0 Å². The van der Waals surface area contributed by atoms with Crippen molar-refractivity contribution in [2.24, 2.45) is 0 Å². The lowest BCUT2D eigenvalue weighted by Gasteiger charge is -2.09. The molecule has 2 aromatic rings. The van der Waals surface area contributed by atoms with Gasteiger partial charge in [-0.1, -0.05) is 0 Å². The molecule has 0 amide bonds. The summed E-state index contributed by atoms with van der Waals surface area (Å²) < 4.78 is 19.7. The molecule has 0 aliphatic carbocycles. The number of carbonyl (C=O) groups is 1. The number of rotatable bonds is 5. The van der Waals surface area contributed by atoms with Crippen molar-refractivity contribution in [3.8, 4) is 11.4 Å². The molecule has 1 heterocycles. The summed E-state index contributed by atoms with van der Waals surface area (Å²) in [5.74, 6) is -0.701. The van der Waals surface area contributed by atoms with Gasteiger partial charge in [0.2, 0.25) is 0 Å². The molecule has 0 spiro atoms. The van der Waals surface area contributed by atoms with Crippen LogP contribution in [0.25, 0.3) is 5.69 Å². The Hall–Kier alpha value is -2.51. The van der Waals surface area contributed by atoms with Gasteiger partial charge in [0.25, 0.3) is 0 Å². The van der Waals surface area contributed by atoms with Crippen molar-refractivity contribution in [2.45, 2.75) is 12.8 Å². The summed E-state index contributed by atoms with van der Waals surface area (Å²) in [6, 6.07) is 3.93. The molecular formula is C11H11FN4O3. The number of tetrazole rings is 1. The van der Waals surface area contributed by atoms with Crippen molar-refractivity contribution in [1.82, 2.24) is 20.2 Å². The summed E-state index contributed by atoms with van der Waals surface area (Å²) in [4.78, 5) is 10.6. The number of nitrogens with zero attached hydrogens (tertiary/aromatic N) is 4. The fraction of sp³-hybridized carbons (Fsp3) is 0.273. The Balaban J connectivity index is 2.39. The summed E-state index contributed by atoms with van der Waals surface area (Å²) in [5.41, 5.74) is 0.327. The fourth-order valence-corrected chi connectivity index (χ4v) is 1.60. The number of ether oxygens (including phenoxy) is 1. The Morgan fingerprint density at radius 1 is 1.53 bits per heavy atom. The largest absolute Gasteiger partial charge is 0.494 e. The molecule has 8 heteroatoms. The van der Waals surface area contributed by atoms with Crippen LogP contribution in [0.5, 0.6) is 5.75 Å². The van der Waals surface area contributed by atoms with Crippen LogP contribution >= 0.6 is 0 Å². The zero-order valence-electron chi connectivity index (χ0n) is 10.1. The summed E-state index contributed by atoms with van der Waals surface area (Å²) in [5, 5.41) is 19.6. The minimum absolute atomic E-state index is 0.113. The first-order valence-electron chi connectivity index (χ1n) is 5.45. The van der Waals surface area contributed by atoms with Crippen LogP contribution in [0.2, 0.25) is 0 Å². The molecule has 100 valence electrons. The first-order valence-corrected chi connectivity index (χ1v) is 5.45. The lowest BCUT2D eigenvalue weighted by atomic mass is 10.2. The highest BCUT2D eigenvalue weighted by Gasteiger charge is 2.14. The average molecular weight is 266 g/mol. The molecular weight excluding hydrogens is 255 g/mol. The standard InChI is InChI=1S/C11H11FN4O3/c1-19-9-3-2-7(12)6-8(9)16-10(13-14-15-16)4-5-11(17)18/h2-3,6H,4-5H2,1H3,(H,17,18). The number of hydrogen-bond acceptors (Lipinski definition) is 5. The highest BCUT2D eigenvalue weighted by Crippen LogP contribution is 2.23. The van der Waals surface area contributed by atoms with Gasteiger partial charge in [0.1, 0.15) is 17.3 Å². The van der Waals surface area contributed by atoms with E-state index < -0.39 is 11.8 Å². The molecule has 2 rings (SSSR count). The van der Waals surface area contributed by atoms with E-state index in [-0.39, 0.29) is 12.8 Å². The van der Waals surface area contributed by atoms with Gasteiger partial charge in [-0.2, -0.15) is 4.68 Å². The molecule has 1 N–H and O–H groups in total. The van der Waals surface area contributed by atoms with E-state index in [1.807, 2.05) is 0 Å². The maximum atomic E-state index is 13.3. The first-order chi connectivity index (χ1) is 9.11. The SMILES string of the molecule is COc1ccc(F)cc1-n1nnnc1CCC(=O)O. The Morgan fingerprint density at radius 2 is 2.32 bits per heavy atom. The van der Waals surface area contributed by atoms with Crippen molar-refractivity contribution >= 4 is 5.97 Å². The normalized spacial score (nSPS) is 10.4. The lowest BCUT2D eigenvalue weighted by Crippen LogP contribution is -2.08. The summed E-state index contributed by atoms with van der Waals surface area (Å²) in [6.07, 6.45) is 0.0278. The Kier molecular flexibility index (Phi) is 3.69. The average Bonchev–Trinajstić information content (AvgIpc) is 2.84. The van der Waals surface area contributed by atoms with Crippen LogP contribution in [0.3, 0.4) is 0 Å². The predicted molar refractivity (Wildman–Crippen MR) is 61.6 cm³/mol. The van der Waals surface area contributed by atoms with E-state index in [1.165, 1.54) is 30.0 Å². The van der Waals surface area contributed by atoms with Crippen molar-refractivity contribution in [2.75, 3.05) is 7.11 Å². The van der Waals surface area contributed by atoms with Gasteiger partial charge >= 0.3 is 5.97 Å². The van der Waals surface area contributed by atoms with Gasteiger partial charge in [-0.3, -0.25) is 4.79 Å². The van der Waals surface area contributed by atoms with Gasteiger partial charge in [-0.05, 0) is 22.6 Å². The summed E-state index contributed by atoms with van der Waals surface area (Å²) in [7, 11) is 1.44. The second-order valence-corrected chi connectivity index (χ2v) is 3.72. The molecule has 1 aromatic carbocycles. The third kappa shape index (κ3) is 2.84. The van der Waals surface area contributed by atoms with E-state index >= 15 is 0 Å². The fourth-order valence-electron chi connectivity index (χ4n) is 1.60. The number of methoxy groups -OCH3 is 1. The molecule has 0 aliphatic rings. The van der Waals surface area contributed by atoms with Crippen LogP contribution in [0.15, 0.2) is 18.2 Å². The third-order valence-electron chi connectivity index (χ3n) is 2.47. The van der Waals surface area contributed by atoms with Crippen LogP contribution in [-0.4, -0.2) is 38.4 Å². The van der Waals surface area contributed by atoms with E-state index in [2.05, 4.69) is 15.5 Å². The Labute approximate surface area is 107 Å². The monoisotopic (exact) mass is 266 g/mol. The molecule has 0 bridgehead atoms. The highest BCUT2D eigenvalue weighted by atomic mass is 19.1. The second-order valence-electron chi connectivity index (χ2n) is 3.72. The number of carboxylic acid groups (broad SMARTS) is 1. The summed E-state index contributed by atoms with van der Waals surface area (Å²) >= 11 is 0.